The van der Waals surface area contributed by atoms with E-state index in [9.17, 15) is 4.79 Å². The van der Waals surface area contributed by atoms with E-state index in [4.69, 9.17) is 0 Å². The summed E-state index contributed by atoms with van der Waals surface area (Å²) >= 11 is 0. The molecule has 0 spiro atoms. The Hall–Kier alpha value is -0.0800. The number of hydrogen-bond donors (Lipinski definition) is 1. The Labute approximate surface area is 73.1 Å². The van der Waals surface area contributed by atoms with E-state index >= 15 is 0 Å². The minimum Gasteiger partial charge on any atom is -0.316 e. The van der Waals surface area contributed by atoms with Crippen molar-refractivity contribution in [2.24, 2.45) is 17.8 Å². The number of carbonyl (C=O) groups is 1. The lowest BCUT2D eigenvalue weighted by Crippen LogP contribution is -2.12. The largest absolute Gasteiger partial charge is 0.316 e. The van der Waals surface area contributed by atoms with E-state index in [-0.39, 0.29) is 12.4 Å². The first-order chi connectivity index (χ1) is 4.90. The van der Waals surface area contributed by atoms with Crippen LogP contribution < -0.4 is 5.32 Å². The molecule has 3 atom stereocenters. The van der Waals surface area contributed by atoms with Gasteiger partial charge in [-0.3, -0.25) is 0 Å². The third-order valence-electron chi connectivity index (χ3n) is 2.88. The van der Waals surface area contributed by atoms with Crippen molar-refractivity contribution in [2.45, 2.75) is 12.8 Å². The molecule has 0 aromatic carbocycles. The Kier molecular flexibility index (Phi) is 2.90. The van der Waals surface area contributed by atoms with Gasteiger partial charge in [-0.25, -0.2) is 0 Å². The molecule has 2 fully saturated rings. The first-order valence-corrected chi connectivity index (χ1v) is 4.06. The molecular weight excluding hydrogens is 162 g/mol. The minimum absolute atomic E-state index is 0. The van der Waals surface area contributed by atoms with Crippen LogP contribution in [0.5, 0.6) is 0 Å². The molecule has 1 unspecified atom stereocenters. The molecule has 1 N–H and O–H groups in total. The molecule has 0 aromatic heterocycles. The van der Waals surface area contributed by atoms with Gasteiger partial charge in [0.15, 0.2) is 0 Å². The summed E-state index contributed by atoms with van der Waals surface area (Å²) in [6.07, 6.45) is 3.42. The SMILES string of the molecule is Cl.O=CC1C[C@H]2CNC[C@H]2C1. The Bertz CT molecular complexity index is 139. The lowest BCUT2D eigenvalue weighted by molar-refractivity contribution is -0.111. The van der Waals surface area contributed by atoms with E-state index in [1.54, 1.807) is 0 Å². The molecule has 0 amide bonds. The molecule has 0 bridgehead atoms. The third kappa shape index (κ3) is 1.57. The van der Waals surface area contributed by atoms with Crippen LogP contribution in [0.15, 0.2) is 0 Å². The van der Waals surface area contributed by atoms with Crippen molar-refractivity contribution in [1.82, 2.24) is 5.32 Å². The van der Waals surface area contributed by atoms with Crippen molar-refractivity contribution >= 4 is 18.7 Å². The molecule has 1 aliphatic heterocycles. The molecule has 0 radical (unpaired) electrons. The summed E-state index contributed by atoms with van der Waals surface area (Å²) in [5, 5.41) is 3.35. The van der Waals surface area contributed by atoms with Gasteiger partial charge in [0.2, 0.25) is 0 Å². The number of carbonyl (C=O) groups excluding carboxylic acids is 1. The molecule has 11 heavy (non-hydrogen) atoms. The minimum atomic E-state index is 0. The van der Waals surface area contributed by atoms with Crippen LogP contribution in [0.2, 0.25) is 0 Å². The zero-order valence-electron chi connectivity index (χ0n) is 6.45. The van der Waals surface area contributed by atoms with E-state index in [1.807, 2.05) is 0 Å². The van der Waals surface area contributed by atoms with E-state index in [0.717, 1.165) is 44.1 Å². The first kappa shape index (κ1) is 9.01. The fourth-order valence-corrected chi connectivity index (χ4v) is 2.32. The Morgan fingerprint density at radius 1 is 1.18 bits per heavy atom. The smallest absolute Gasteiger partial charge is 0.123 e. The molecule has 1 saturated heterocycles. The van der Waals surface area contributed by atoms with E-state index in [1.165, 1.54) is 0 Å². The zero-order valence-corrected chi connectivity index (χ0v) is 7.27. The van der Waals surface area contributed by atoms with Crippen molar-refractivity contribution in [2.75, 3.05) is 13.1 Å². The molecule has 64 valence electrons. The van der Waals surface area contributed by atoms with Crippen molar-refractivity contribution in [3.63, 3.8) is 0 Å². The second-order valence-corrected chi connectivity index (χ2v) is 3.55. The first-order valence-electron chi connectivity index (χ1n) is 4.06. The van der Waals surface area contributed by atoms with Crippen molar-refractivity contribution in [3.05, 3.63) is 0 Å². The van der Waals surface area contributed by atoms with Gasteiger partial charge in [-0.05, 0) is 37.8 Å². The van der Waals surface area contributed by atoms with Gasteiger partial charge in [-0.1, -0.05) is 0 Å². The highest BCUT2D eigenvalue weighted by atomic mass is 35.5. The normalized spacial score (nSPS) is 41.3. The Morgan fingerprint density at radius 3 is 2.18 bits per heavy atom. The van der Waals surface area contributed by atoms with Crippen molar-refractivity contribution in [1.29, 1.82) is 0 Å². The maximum Gasteiger partial charge on any atom is 0.123 e. The summed E-state index contributed by atoms with van der Waals surface area (Å²) in [6.45, 7) is 2.30. The molecule has 3 heteroatoms. The highest BCUT2D eigenvalue weighted by molar-refractivity contribution is 5.85. The summed E-state index contributed by atoms with van der Waals surface area (Å²) < 4.78 is 0. The highest BCUT2D eigenvalue weighted by Gasteiger charge is 2.36. The number of halogens is 1. The lowest BCUT2D eigenvalue weighted by Gasteiger charge is -2.02. The molecule has 1 heterocycles. The van der Waals surface area contributed by atoms with Gasteiger partial charge in [0, 0.05) is 5.92 Å². The maximum atomic E-state index is 10.4. The summed E-state index contributed by atoms with van der Waals surface area (Å²) in [5.41, 5.74) is 0. The second kappa shape index (κ2) is 3.55. The fraction of sp³-hybridized carbons (Fsp3) is 0.875. The molecule has 2 rings (SSSR count). The van der Waals surface area contributed by atoms with E-state index < -0.39 is 0 Å². The summed E-state index contributed by atoms with van der Waals surface area (Å²) in [6, 6.07) is 0. The standard InChI is InChI=1S/C8H13NO.ClH/c10-5-6-1-7-3-9-4-8(7)2-6;/h5-9H,1-4H2;1H/t6?,7-,8+;. The quantitative estimate of drug-likeness (QED) is 0.599. The number of aldehydes is 1. The summed E-state index contributed by atoms with van der Waals surface area (Å²) in [7, 11) is 0. The highest BCUT2D eigenvalue weighted by Crippen LogP contribution is 2.37. The van der Waals surface area contributed by atoms with Gasteiger partial charge in [-0.2, -0.15) is 0 Å². The van der Waals surface area contributed by atoms with Crippen LogP contribution in [-0.4, -0.2) is 19.4 Å². The maximum absolute atomic E-state index is 10.4. The fourth-order valence-electron chi connectivity index (χ4n) is 2.32. The van der Waals surface area contributed by atoms with Crippen molar-refractivity contribution in [3.8, 4) is 0 Å². The van der Waals surface area contributed by atoms with E-state index in [0.29, 0.717) is 5.92 Å². The summed E-state index contributed by atoms with van der Waals surface area (Å²) in [5.74, 6) is 2.02. The van der Waals surface area contributed by atoms with Crippen molar-refractivity contribution < 1.29 is 4.79 Å². The average Bonchev–Trinajstić information content (AvgIpc) is 2.42. The predicted molar refractivity (Wildman–Crippen MR) is 45.9 cm³/mol. The molecule has 1 saturated carbocycles. The average molecular weight is 176 g/mol. The predicted octanol–water partition coefficient (Wildman–Crippen LogP) is 0.853. The van der Waals surface area contributed by atoms with Crippen LogP contribution in [0.25, 0.3) is 0 Å². The van der Waals surface area contributed by atoms with Gasteiger partial charge in [-0.15, -0.1) is 12.4 Å². The molecule has 2 aliphatic rings. The van der Waals surface area contributed by atoms with Crippen LogP contribution in [0.1, 0.15) is 12.8 Å². The molecule has 0 aromatic rings. The van der Waals surface area contributed by atoms with Crippen LogP contribution in [-0.2, 0) is 4.79 Å². The second-order valence-electron chi connectivity index (χ2n) is 3.55. The molecule has 1 aliphatic carbocycles. The van der Waals surface area contributed by atoms with Gasteiger partial charge in [0.05, 0.1) is 0 Å². The number of nitrogens with one attached hydrogen (secondary N) is 1. The summed E-state index contributed by atoms with van der Waals surface area (Å²) in [4.78, 5) is 10.4. The van der Waals surface area contributed by atoms with Gasteiger partial charge >= 0.3 is 0 Å². The van der Waals surface area contributed by atoms with Crippen LogP contribution in [0, 0.1) is 17.8 Å². The van der Waals surface area contributed by atoms with Gasteiger partial charge in [0.1, 0.15) is 6.29 Å². The zero-order chi connectivity index (χ0) is 6.97. The van der Waals surface area contributed by atoms with Gasteiger partial charge in [0.25, 0.3) is 0 Å². The van der Waals surface area contributed by atoms with E-state index in [2.05, 4.69) is 5.32 Å². The molecule has 2 nitrogen and oxygen atoms in total. The van der Waals surface area contributed by atoms with Crippen LogP contribution in [0.4, 0.5) is 0 Å². The number of hydrogen-bond acceptors (Lipinski definition) is 2. The Balaban J connectivity index is 0.000000605. The molecular formula is C8H14ClNO. The Morgan fingerprint density at radius 2 is 1.73 bits per heavy atom. The van der Waals surface area contributed by atoms with Gasteiger partial charge < -0.3 is 10.1 Å². The van der Waals surface area contributed by atoms with Crippen LogP contribution in [0.3, 0.4) is 0 Å². The number of fused-ring (bicyclic) bond motifs is 1. The van der Waals surface area contributed by atoms with Crippen LogP contribution >= 0.6 is 12.4 Å². The number of rotatable bonds is 1. The topological polar surface area (TPSA) is 29.1 Å². The third-order valence-corrected chi connectivity index (χ3v) is 2.88. The lowest BCUT2D eigenvalue weighted by atomic mass is 10.0. The monoisotopic (exact) mass is 175 g/mol.